The van der Waals surface area contributed by atoms with Gasteiger partial charge in [0.15, 0.2) is 0 Å². The molecular formula is C14H22N2O2. The third-order valence-electron chi connectivity index (χ3n) is 3.14. The van der Waals surface area contributed by atoms with Gasteiger partial charge in [-0.3, -0.25) is 0 Å². The standard InChI is InChI=1S/C14H22N2O2/c1-2-10-18-13-5-3-4-12(14(13)15)16(8-9-17)11-6-7-11/h3-5,11,17H,2,6-10,15H2,1H3. The molecular weight excluding hydrogens is 228 g/mol. The number of hydrogen-bond donors (Lipinski definition) is 2. The van der Waals surface area contributed by atoms with Crippen molar-refractivity contribution in [3.8, 4) is 5.75 Å². The number of aliphatic hydroxyl groups is 1. The summed E-state index contributed by atoms with van der Waals surface area (Å²) in [6.45, 7) is 3.53. The van der Waals surface area contributed by atoms with Crippen LogP contribution in [0.15, 0.2) is 18.2 Å². The van der Waals surface area contributed by atoms with E-state index in [4.69, 9.17) is 15.6 Å². The maximum atomic E-state index is 9.16. The molecule has 1 aromatic rings. The Labute approximate surface area is 108 Å². The van der Waals surface area contributed by atoms with E-state index in [1.165, 1.54) is 12.8 Å². The van der Waals surface area contributed by atoms with Crippen LogP contribution in [0.3, 0.4) is 0 Å². The molecule has 0 atom stereocenters. The lowest BCUT2D eigenvalue weighted by Crippen LogP contribution is -2.29. The smallest absolute Gasteiger partial charge is 0.144 e. The third kappa shape index (κ3) is 2.88. The van der Waals surface area contributed by atoms with E-state index < -0.39 is 0 Å². The molecule has 0 heterocycles. The molecule has 0 aromatic heterocycles. The van der Waals surface area contributed by atoms with Crippen molar-refractivity contribution in [2.75, 3.05) is 30.4 Å². The number of nitrogens with zero attached hydrogens (tertiary/aromatic N) is 1. The van der Waals surface area contributed by atoms with Gasteiger partial charge in [-0.25, -0.2) is 0 Å². The van der Waals surface area contributed by atoms with Crippen molar-refractivity contribution in [2.45, 2.75) is 32.2 Å². The number of rotatable bonds is 7. The third-order valence-corrected chi connectivity index (χ3v) is 3.14. The number of anilines is 2. The molecule has 0 saturated heterocycles. The van der Waals surface area contributed by atoms with Crippen LogP contribution < -0.4 is 15.4 Å². The van der Waals surface area contributed by atoms with Crippen LogP contribution in [0.1, 0.15) is 26.2 Å². The molecule has 1 fully saturated rings. The van der Waals surface area contributed by atoms with Gasteiger partial charge in [0.25, 0.3) is 0 Å². The Kier molecular flexibility index (Phi) is 4.31. The first-order chi connectivity index (χ1) is 8.77. The Balaban J connectivity index is 2.19. The highest BCUT2D eigenvalue weighted by molar-refractivity contribution is 5.74. The molecule has 1 aromatic carbocycles. The van der Waals surface area contributed by atoms with Gasteiger partial charge in [0.05, 0.1) is 24.6 Å². The van der Waals surface area contributed by atoms with Crippen molar-refractivity contribution < 1.29 is 9.84 Å². The van der Waals surface area contributed by atoms with Crippen molar-refractivity contribution in [1.29, 1.82) is 0 Å². The second-order valence-corrected chi connectivity index (χ2v) is 4.69. The zero-order valence-corrected chi connectivity index (χ0v) is 10.9. The van der Waals surface area contributed by atoms with E-state index in [9.17, 15) is 0 Å². The van der Waals surface area contributed by atoms with E-state index in [1.54, 1.807) is 0 Å². The predicted octanol–water partition coefficient (Wildman–Crippen LogP) is 2.02. The fraction of sp³-hybridized carbons (Fsp3) is 0.571. The summed E-state index contributed by atoms with van der Waals surface area (Å²) in [5.41, 5.74) is 7.85. The van der Waals surface area contributed by atoms with Gasteiger partial charge in [-0.2, -0.15) is 0 Å². The van der Waals surface area contributed by atoms with E-state index in [0.717, 1.165) is 17.9 Å². The minimum absolute atomic E-state index is 0.149. The molecule has 1 aliphatic carbocycles. The van der Waals surface area contributed by atoms with Crippen molar-refractivity contribution in [3.63, 3.8) is 0 Å². The van der Waals surface area contributed by atoms with Crippen molar-refractivity contribution in [1.82, 2.24) is 0 Å². The summed E-state index contributed by atoms with van der Waals surface area (Å²) < 4.78 is 5.64. The van der Waals surface area contributed by atoms with Gasteiger partial charge >= 0.3 is 0 Å². The molecule has 0 spiro atoms. The van der Waals surface area contributed by atoms with Crippen LogP contribution in [-0.2, 0) is 0 Å². The number of ether oxygens (including phenoxy) is 1. The molecule has 0 aliphatic heterocycles. The summed E-state index contributed by atoms with van der Waals surface area (Å²) in [6, 6.07) is 6.39. The minimum Gasteiger partial charge on any atom is -0.491 e. The second-order valence-electron chi connectivity index (χ2n) is 4.69. The number of nitrogen functional groups attached to an aromatic ring is 1. The molecule has 0 amide bonds. The lowest BCUT2D eigenvalue weighted by Gasteiger charge is -2.26. The van der Waals surface area contributed by atoms with Crippen LogP contribution in [0.5, 0.6) is 5.75 Å². The number of hydrogen-bond acceptors (Lipinski definition) is 4. The normalized spacial score (nSPS) is 14.6. The van der Waals surface area contributed by atoms with Crippen LogP contribution in [0.2, 0.25) is 0 Å². The first-order valence-electron chi connectivity index (χ1n) is 6.66. The zero-order valence-electron chi connectivity index (χ0n) is 10.9. The maximum absolute atomic E-state index is 9.16. The Morgan fingerprint density at radius 3 is 2.83 bits per heavy atom. The average Bonchev–Trinajstić information content (AvgIpc) is 3.19. The lowest BCUT2D eigenvalue weighted by molar-refractivity contribution is 0.301. The molecule has 0 bridgehead atoms. The van der Waals surface area contributed by atoms with Gasteiger partial charge in [-0.1, -0.05) is 13.0 Å². The molecule has 4 nitrogen and oxygen atoms in total. The van der Waals surface area contributed by atoms with Crippen LogP contribution in [0.25, 0.3) is 0 Å². The van der Waals surface area contributed by atoms with E-state index in [-0.39, 0.29) is 6.61 Å². The quantitative estimate of drug-likeness (QED) is 0.727. The summed E-state index contributed by atoms with van der Waals surface area (Å²) in [5.74, 6) is 0.748. The number of para-hydroxylation sites is 1. The molecule has 1 aliphatic rings. The molecule has 18 heavy (non-hydrogen) atoms. The molecule has 3 N–H and O–H groups in total. The predicted molar refractivity (Wildman–Crippen MR) is 74.1 cm³/mol. The Hall–Kier alpha value is -1.42. The van der Waals surface area contributed by atoms with Gasteiger partial charge in [-0.05, 0) is 31.4 Å². The summed E-state index contributed by atoms with van der Waals surface area (Å²) in [6.07, 6.45) is 3.33. The molecule has 0 radical (unpaired) electrons. The van der Waals surface area contributed by atoms with Crippen molar-refractivity contribution in [3.05, 3.63) is 18.2 Å². The largest absolute Gasteiger partial charge is 0.491 e. The molecule has 0 unspecified atom stereocenters. The Morgan fingerprint density at radius 2 is 2.22 bits per heavy atom. The van der Waals surface area contributed by atoms with Crippen molar-refractivity contribution in [2.24, 2.45) is 0 Å². The number of nitrogens with two attached hydrogens (primary N) is 1. The fourth-order valence-corrected chi connectivity index (χ4v) is 2.11. The van der Waals surface area contributed by atoms with E-state index in [2.05, 4.69) is 11.8 Å². The summed E-state index contributed by atoms with van der Waals surface area (Å²) >= 11 is 0. The summed E-state index contributed by atoms with van der Waals surface area (Å²) in [7, 11) is 0. The molecule has 2 rings (SSSR count). The molecule has 1 saturated carbocycles. The Bertz CT molecular complexity index is 391. The lowest BCUT2D eigenvalue weighted by atomic mass is 10.2. The minimum atomic E-state index is 0.149. The monoisotopic (exact) mass is 250 g/mol. The van der Waals surface area contributed by atoms with Gasteiger partial charge in [0, 0.05) is 12.6 Å². The second kappa shape index (κ2) is 5.96. The topological polar surface area (TPSA) is 58.7 Å². The first kappa shape index (κ1) is 13.0. The first-order valence-corrected chi connectivity index (χ1v) is 6.66. The molecule has 4 heteroatoms. The van der Waals surface area contributed by atoms with Gasteiger partial charge < -0.3 is 20.5 Å². The van der Waals surface area contributed by atoms with Crippen LogP contribution in [0.4, 0.5) is 11.4 Å². The van der Waals surface area contributed by atoms with E-state index in [0.29, 0.717) is 24.9 Å². The number of benzene rings is 1. The SMILES string of the molecule is CCCOc1cccc(N(CCO)C2CC2)c1N. The van der Waals surface area contributed by atoms with E-state index in [1.807, 2.05) is 18.2 Å². The van der Waals surface area contributed by atoms with Crippen LogP contribution in [0, 0.1) is 0 Å². The average molecular weight is 250 g/mol. The van der Waals surface area contributed by atoms with Gasteiger partial charge in [-0.15, -0.1) is 0 Å². The highest BCUT2D eigenvalue weighted by atomic mass is 16.5. The fourth-order valence-electron chi connectivity index (χ4n) is 2.11. The highest BCUT2D eigenvalue weighted by Crippen LogP contribution is 2.38. The van der Waals surface area contributed by atoms with Crippen molar-refractivity contribution >= 4 is 11.4 Å². The number of aliphatic hydroxyl groups excluding tert-OH is 1. The summed E-state index contributed by atoms with van der Waals surface area (Å²) in [5, 5.41) is 9.16. The highest BCUT2D eigenvalue weighted by Gasteiger charge is 2.30. The summed E-state index contributed by atoms with van der Waals surface area (Å²) in [4.78, 5) is 2.19. The van der Waals surface area contributed by atoms with Gasteiger partial charge in [0.1, 0.15) is 5.75 Å². The van der Waals surface area contributed by atoms with Crippen LogP contribution >= 0.6 is 0 Å². The zero-order chi connectivity index (χ0) is 13.0. The maximum Gasteiger partial charge on any atom is 0.144 e. The Morgan fingerprint density at radius 1 is 1.44 bits per heavy atom. The molecule has 100 valence electrons. The van der Waals surface area contributed by atoms with Crippen LogP contribution in [-0.4, -0.2) is 30.9 Å². The van der Waals surface area contributed by atoms with Gasteiger partial charge in [0.2, 0.25) is 0 Å². The van der Waals surface area contributed by atoms with E-state index >= 15 is 0 Å².